The van der Waals surface area contributed by atoms with Crippen molar-refractivity contribution in [1.29, 1.82) is 0 Å². The maximum absolute atomic E-state index is 12.4. The van der Waals surface area contributed by atoms with Crippen LogP contribution in [0.1, 0.15) is 24.8 Å². The summed E-state index contributed by atoms with van der Waals surface area (Å²) >= 11 is 0. The maximum atomic E-state index is 12.4. The second kappa shape index (κ2) is 10.3. The van der Waals surface area contributed by atoms with Gasteiger partial charge >= 0.3 is 6.09 Å². The Balaban J connectivity index is 1.87. The fourth-order valence-corrected chi connectivity index (χ4v) is 2.60. The first-order valence-corrected chi connectivity index (χ1v) is 8.81. The maximum Gasteiger partial charge on any atom is 0.408 e. The van der Waals surface area contributed by atoms with Gasteiger partial charge in [-0.3, -0.25) is 14.4 Å². The summed E-state index contributed by atoms with van der Waals surface area (Å²) in [4.78, 5) is 48.0. The Labute approximate surface area is 157 Å². The summed E-state index contributed by atoms with van der Waals surface area (Å²) in [6.07, 6.45) is 0.950. The summed E-state index contributed by atoms with van der Waals surface area (Å²) in [5, 5.41) is 7.36. The number of nitrogens with one attached hydrogen (secondary N) is 3. The van der Waals surface area contributed by atoms with Crippen LogP contribution in [0.2, 0.25) is 0 Å². The molecule has 0 radical (unpaired) electrons. The zero-order chi connectivity index (χ0) is 19.6. The molecule has 27 heavy (non-hydrogen) atoms. The van der Waals surface area contributed by atoms with Gasteiger partial charge in [0.1, 0.15) is 12.6 Å². The molecule has 1 aromatic carbocycles. The zero-order valence-corrected chi connectivity index (χ0v) is 14.9. The highest BCUT2D eigenvalue weighted by Crippen LogP contribution is 2.06. The van der Waals surface area contributed by atoms with E-state index in [1.54, 1.807) is 12.1 Å². The van der Waals surface area contributed by atoms with E-state index >= 15 is 0 Å². The van der Waals surface area contributed by atoms with Gasteiger partial charge in [-0.05, 0) is 24.8 Å². The molecule has 9 nitrogen and oxygen atoms in total. The Bertz CT molecular complexity index is 680. The molecule has 146 valence electrons. The van der Waals surface area contributed by atoms with E-state index in [0.717, 1.165) is 12.0 Å². The van der Waals surface area contributed by atoms with E-state index in [2.05, 4.69) is 16.0 Å². The normalized spacial score (nSPS) is 18.5. The van der Waals surface area contributed by atoms with E-state index in [1.807, 2.05) is 18.2 Å². The Morgan fingerprint density at radius 3 is 2.67 bits per heavy atom. The largest absolute Gasteiger partial charge is 0.445 e. The number of amides is 3. The smallest absolute Gasteiger partial charge is 0.408 e. The molecule has 0 spiro atoms. The summed E-state index contributed by atoms with van der Waals surface area (Å²) < 4.78 is 5.06. The van der Waals surface area contributed by atoms with Gasteiger partial charge in [-0.1, -0.05) is 30.3 Å². The molecule has 1 fully saturated rings. The molecule has 9 heteroatoms. The predicted molar refractivity (Wildman–Crippen MR) is 96.4 cm³/mol. The SMILES string of the molecule is NCC(NC(=O)OCc1ccccc1)C(=O)NC1CCCCNC(=O)C1=O. The Morgan fingerprint density at radius 2 is 1.96 bits per heavy atom. The van der Waals surface area contributed by atoms with Crippen molar-refractivity contribution in [3.8, 4) is 0 Å². The van der Waals surface area contributed by atoms with Crippen LogP contribution in [0.5, 0.6) is 0 Å². The second-order valence-corrected chi connectivity index (χ2v) is 6.17. The van der Waals surface area contributed by atoms with Crippen molar-refractivity contribution >= 4 is 23.7 Å². The van der Waals surface area contributed by atoms with E-state index in [-0.39, 0.29) is 13.2 Å². The lowest BCUT2D eigenvalue weighted by Crippen LogP contribution is -2.56. The molecule has 1 saturated heterocycles. The fraction of sp³-hybridized carbons (Fsp3) is 0.444. The lowest BCUT2D eigenvalue weighted by molar-refractivity contribution is -0.140. The van der Waals surface area contributed by atoms with E-state index in [0.29, 0.717) is 19.4 Å². The quantitative estimate of drug-likeness (QED) is 0.498. The van der Waals surface area contributed by atoms with Crippen LogP contribution in [0.25, 0.3) is 0 Å². The summed E-state index contributed by atoms with van der Waals surface area (Å²) in [6.45, 7) is 0.303. The van der Waals surface area contributed by atoms with Gasteiger partial charge in [-0.25, -0.2) is 4.79 Å². The summed E-state index contributed by atoms with van der Waals surface area (Å²) in [6, 6.07) is 7.06. The lowest BCUT2D eigenvalue weighted by atomic mass is 10.0. The third-order valence-electron chi connectivity index (χ3n) is 4.12. The number of carbonyl (C=O) groups excluding carboxylic acids is 4. The molecular weight excluding hydrogens is 352 g/mol. The molecule has 1 aliphatic rings. The first-order valence-electron chi connectivity index (χ1n) is 8.81. The Morgan fingerprint density at radius 1 is 1.22 bits per heavy atom. The summed E-state index contributed by atoms with van der Waals surface area (Å²) in [7, 11) is 0. The third kappa shape index (κ3) is 6.37. The molecule has 5 N–H and O–H groups in total. The molecule has 2 rings (SSSR count). The lowest BCUT2D eigenvalue weighted by Gasteiger charge is -2.23. The van der Waals surface area contributed by atoms with Crippen molar-refractivity contribution in [2.75, 3.05) is 13.1 Å². The molecule has 0 bridgehead atoms. The van der Waals surface area contributed by atoms with Crippen LogP contribution >= 0.6 is 0 Å². The van der Waals surface area contributed by atoms with Crippen LogP contribution in [0.3, 0.4) is 0 Å². The molecule has 2 unspecified atom stereocenters. The summed E-state index contributed by atoms with van der Waals surface area (Å²) in [5.74, 6) is -2.06. The van der Waals surface area contributed by atoms with Crippen molar-refractivity contribution in [1.82, 2.24) is 16.0 Å². The van der Waals surface area contributed by atoms with Gasteiger partial charge in [0, 0.05) is 13.1 Å². The van der Waals surface area contributed by atoms with Crippen molar-refractivity contribution in [2.45, 2.75) is 38.0 Å². The standard InChI is InChI=1S/C18H24N4O5/c19-10-14(22-18(26)27-11-12-6-2-1-3-7-12)16(24)21-13-8-4-5-9-20-17(25)15(13)23/h1-3,6-7,13-14H,4-5,8-11,19H2,(H,20,25)(H,21,24)(H,22,26). The van der Waals surface area contributed by atoms with Crippen LogP contribution in [0, 0.1) is 0 Å². The van der Waals surface area contributed by atoms with E-state index < -0.39 is 35.8 Å². The van der Waals surface area contributed by atoms with Gasteiger partial charge in [0.05, 0.1) is 6.04 Å². The molecule has 1 aliphatic heterocycles. The number of ether oxygens (including phenoxy) is 1. The van der Waals surface area contributed by atoms with Crippen molar-refractivity contribution in [2.24, 2.45) is 5.73 Å². The fourth-order valence-electron chi connectivity index (χ4n) is 2.60. The summed E-state index contributed by atoms with van der Waals surface area (Å²) in [5.41, 5.74) is 6.36. The number of hydrogen-bond donors (Lipinski definition) is 4. The highest BCUT2D eigenvalue weighted by atomic mass is 16.5. The van der Waals surface area contributed by atoms with Gasteiger partial charge < -0.3 is 26.4 Å². The van der Waals surface area contributed by atoms with Gasteiger partial charge in [0.2, 0.25) is 11.7 Å². The van der Waals surface area contributed by atoms with Gasteiger partial charge in [-0.15, -0.1) is 0 Å². The molecule has 1 heterocycles. The topological polar surface area (TPSA) is 140 Å². The van der Waals surface area contributed by atoms with Crippen LogP contribution in [-0.4, -0.2) is 48.9 Å². The average molecular weight is 376 g/mol. The molecule has 0 saturated carbocycles. The highest BCUT2D eigenvalue weighted by Gasteiger charge is 2.30. The molecule has 0 aliphatic carbocycles. The number of ketones is 1. The number of benzene rings is 1. The number of hydrogen-bond acceptors (Lipinski definition) is 6. The van der Waals surface area contributed by atoms with Crippen LogP contribution < -0.4 is 21.7 Å². The van der Waals surface area contributed by atoms with Crippen molar-refractivity contribution in [3.63, 3.8) is 0 Å². The molecule has 0 aromatic heterocycles. The third-order valence-corrected chi connectivity index (χ3v) is 4.12. The monoisotopic (exact) mass is 376 g/mol. The van der Waals surface area contributed by atoms with Gasteiger partial charge in [0.25, 0.3) is 5.91 Å². The average Bonchev–Trinajstić information content (AvgIpc) is 2.68. The second-order valence-electron chi connectivity index (χ2n) is 6.17. The number of rotatable bonds is 6. The van der Waals surface area contributed by atoms with E-state index in [9.17, 15) is 19.2 Å². The Hall–Kier alpha value is -2.94. The van der Waals surface area contributed by atoms with Gasteiger partial charge in [-0.2, -0.15) is 0 Å². The van der Waals surface area contributed by atoms with Crippen molar-refractivity contribution in [3.05, 3.63) is 35.9 Å². The van der Waals surface area contributed by atoms with Gasteiger partial charge in [0.15, 0.2) is 0 Å². The Kier molecular flexibility index (Phi) is 7.75. The first kappa shape index (κ1) is 20.4. The number of alkyl carbamates (subject to hydrolysis) is 1. The van der Waals surface area contributed by atoms with E-state index in [1.165, 1.54) is 0 Å². The van der Waals surface area contributed by atoms with Crippen molar-refractivity contribution < 1.29 is 23.9 Å². The zero-order valence-electron chi connectivity index (χ0n) is 14.9. The van der Waals surface area contributed by atoms with E-state index in [4.69, 9.17) is 10.5 Å². The molecule has 1 aromatic rings. The predicted octanol–water partition coefficient (Wildman–Crippen LogP) is -0.406. The minimum atomic E-state index is -1.07. The highest BCUT2D eigenvalue weighted by molar-refractivity contribution is 6.38. The first-order chi connectivity index (χ1) is 13.0. The molecule has 3 amide bonds. The number of nitrogens with two attached hydrogens (primary N) is 1. The number of carbonyl (C=O) groups is 4. The minimum absolute atomic E-state index is 0.0485. The molecule has 2 atom stereocenters. The minimum Gasteiger partial charge on any atom is -0.445 e. The van der Waals surface area contributed by atoms with Crippen LogP contribution in [-0.2, 0) is 25.7 Å². The van der Waals surface area contributed by atoms with Crippen LogP contribution in [0.15, 0.2) is 30.3 Å². The number of Topliss-reactive ketones (excluding diaryl/α,β-unsaturated/α-hetero) is 1. The molecular formula is C18H24N4O5. The van der Waals surface area contributed by atoms with Crippen LogP contribution in [0.4, 0.5) is 4.79 Å².